The highest BCUT2D eigenvalue weighted by Crippen LogP contribution is 2.10. The van der Waals surface area contributed by atoms with Gasteiger partial charge in [-0.2, -0.15) is 22.2 Å². The van der Waals surface area contributed by atoms with Gasteiger partial charge in [-0.15, -0.1) is 0 Å². The molecule has 0 aromatic carbocycles. The normalized spacial score (nSPS) is 11.1. The lowest BCUT2D eigenvalue weighted by molar-refractivity contribution is 0.732. The predicted molar refractivity (Wildman–Crippen MR) is 38.5 cm³/mol. The molecular weight excluding hydrogens is 147 g/mol. The third-order valence-electron chi connectivity index (χ3n) is 0.650. The van der Waals surface area contributed by atoms with Crippen molar-refractivity contribution in [1.82, 2.24) is 0 Å². The SMILES string of the molecule is CC(C)C[SiH](Cl)Cl. The Kier molecular flexibility index (Phi) is 4.18. The molecule has 0 spiro atoms. The van der Waals surface area contributed by atoms with Crippen molar-refractivity contribution in [2.24, 2.45) is 5.92 Å². The van der Waals surface area contributed by atoms with E-state index in [2.05, 4.69) is 13.8 Å². The minimum Gasteiger partial charge on any atom is -0.150 e. The summed E-state index contributed by atoms with van der Waals surface area (Å²) >= 11 is 11.2. The van der Waals surface area contributed by atoms with Crippen LogP contribution in [-0.2, 0) is 0 Å². The maximum absolute atomic E-state index is 5.58. The van der Waals surface area contributed by atoms with Crippen molar-refractivity contribution in [3.05, 3.63) is 0 Å². The van der Waals surface area contributed by atoms with E-state index in [0.29, 0.717) is 5.92 Å². The third-order valence-corrected chi connectivity index (χ3v) is 3.02. The van der Waals surface area contributed by atoms with E-state index >= 15 is 0 Å². The van der Waals surface area contributed by atoms with Gasteiger partial charge >= 0.3 is 0 Å². The van der Waals surface area contributed by atoms with Crippen LogP contribution in [0.15, 0.2) is 0 Å². The van der Waals surface area contributed by atoms with Crippen LogP contribution >= 0.6 is 22.2 Å². The van der Waals surface area contributed by atoms with E-state index < -0.39 is 7.42 Å². The zero-order chi connectivity index (χ0) is 5.86. The van der Waals surface area contributed by atoms with Gasteiger partial charge in [0.25, 0.3) is 0 Å². The summed E-state index contributed by atoms with van der Waals surface area (Å²) in [5.41, 5.74) is 0. The molecule has 3 heteroatoms. The molecule has 0 fully saturated rings. The Bertz CT molecular complexity index is 39.0. The second-order valence-corrected chi connectivity index (χ2v) is 7.11. The number of rotatable bonds is 2. The van der Waals surface area contributed by atoms with E-state index in [4.69, 9.17) is 22.2 Å². The van der Waals surface area contributed by atoms with Crippen molar-refractivity contribution in [2.45, 2.75) is 19.9 Å². The minimum atomic E-state index is -1.28. The minimum absolute atomic E-state index is 0.673. The van der Waals surface area contributed by atoms with Gasteiger partial charge in [-0.3, -0.25) is 0 Å². The number of halogens is 2. The van der Waals surface area contributed by atoms with E-state index in [1.165, 1.54) is 0 Å². The molecule has 0 aliphatic carbocycles. The van der Waals surface area contributed by atoms with Crippen LogP contribution in [0, 0.1) is 5.92 Å². The molecule has 0 bridgehead atoms. The molecule has 0 heterocycles. The van der Waals surface area contributed by atoms with E-state index in [1.807, 2.05) is 0 Å². The molecule has 44 valence electrons. The molecule has 0 amide bonds. The van der Waals surface area contributed by atoms with Crippen molar-refractivity contribution in [2.75, 3.05) is 0 Å². The summed E-state index contributed by atoms with van der Waals surface area (Å²) in [6.07, 6.45) is 0. The summed E-state index contributed by atoms with van der Waals surface area (Å²) in [6.45, 7) is 4.26. The largest absolute Gasteiger partial charge is 0.237 e. The molecular formula is C4H10Cl2Si. The highest BCUT2D eigenvalue weighted by molar-refractivity contribution is 7.33. The van der Waals surface area contributed by atoms with Gasteiger partial charge in [0.2, 0.25) is 7.42 Å². The average Bonchev–Trinajstić information content (AvgIpc) is 1.27. The Balaban J connectivity index is 2.95. The quantitative estimate of drug-likeness (QED) is 0.426. The Labute approximate surface area is 55.8 Å². The molecule has 0 aliphatic rings. The van der Waals surface area contributed by atoms with Crippen molar-refractivity contribution < 1.29 is 0 Å². The Hall–Kier alpha value is 0.797. The lowest BCUT2D eigenvalue weighted by atomic mass is 10.3. The molecule has 0 aromatic heterocycles. The van der Waals surface area contributed by atoms with Crippen LogP contribution in [0.4, 0.5) is 0 Å². The second-order valence-electron chi connectivity index (χ2n) is 2.02. The fourth-order valence-electron chi connectivity index (χ4n) is 0.356. The molecule has 0 rings (SSSR count). The highest BCUT2D eigenvalue weighted by atomic mass is 35.7. The average molecular weight is 157 g/mol. The molecule has 0 radical (unpaired) electrons. The smallest absolute Gasteiger partial charge is 0.150 e. The van der Waals surface area contributed by atoms with E-state index in [1.54, 1.807) is 0 Å². The van der Waals surface area contributed by atoms with Crippen molar-refractivity contribution in [3.8, 4) is 0 Å². The summed E-state index contributed by atoms with van der Waals surface area (Å²) in [6, 6.07) is 1.03. The molecule has 0 N–H and O–H groups in total. The van der Waals surface area contributed by atoms with Gasteiger partial charge in [-0.25, -0.2) is 0 Å². The molecule has 7 heavy (non-hydrogen) atoms. The summed E-state index contributed by atoms with van der Waals surface area (Å²) in [7, 11) is -1.28. The lowest BCUT2D eigenvalue weighted by Gasteiger charge is -1.99. The maximum atomic E-state index is 5.58. The van der Waals surface area contributed by atoms with Crippen LogP contribution in [0.3, 0.4) is 0 Å². The van der Waals surface area contributed by atoms with Crippen LogP contribution in [-0.4, -0.2) is 7.42 Å². The first-order chi connectivity index (χ1) is 3.13. The monoisotopic (exact) mass is 156 g/mol. The van der Waals surface area contributed by atoms with Crippen molar-refractivity contribution >= 4 is 29.6 Å². The Morgan fingerprint density at radius 3 is 1.86 bits per heavy atom. The molecule has 0 aromatic rings. The maximum Gasteiger partial charge on any atom is 0.237 e. The summed E-state index contributed by atoms with van der Waals surface area (Å²) in [5, 5.41) is 0. The molecule has 0 nitrogen and oxygen atoms in total. The van der Waals surface area contributed by atoms with Crippen molar-refractivity contribution in [1.29, 1.82) is 0 Å². The fraction of sp³-hybridized carbons (Fsp3) is 1.00. The fourth-order valence-corrected chi connectivity index (χ4v) is 3.21. The topological polar surface area (TPSA) is 0 Å². The van der Waals surface area contributed by atoms with Crippen LogP contribution in [0.1, 0.15) is 13.8 Å². The molecule has 0 atom stereocenters. The van der Waals surface area contributed by atoms with Gasteiger partial charge in [-0.1, -0.05) is 13.8 Å². The summed E-state index contributed by atoms with van der Waals surface area (Å²) in [5.74, 6) is 0.673. The highest BCUT2D eigenvalue weighted by Gasteiger charge is 2.03. The zero-order valence-corrected chi connectivity index (χ0v) is 7.28. The summed E-state index contributed by atoms with van der Waals surface area (Å²) in [4.78, 5) is 0. The van der Waals surface area contributed by atoms with Crippen LogP contribution in [0.5, 0.6) is 0 Å². The van der Waals surface area contributed by atoms with E-state index in [0.717, 1.165) is 6.04 Å². The van der Waals surface area contributed by atoms with Crippen LogP contribution < -0.4 is 0 Å². The van der Waals surface area contributed by atoms with Gasteiger partial charge in [0.1, 0.15) is 0 Å². The summed E-state index contributed by atoms with van der Waals surface area (Å²) < 4.78 is 0. The first-order valence-corrected chi connectivity index (χ1v) is 6.72. The number of hydrogen-bond acceptors (Lipinski definition) is 0. The van der Waals surface area contributed by atoms with Gasteiger partial charge in [0.05, 0.1) is 0 Å². The van der Waals surface area contributed by atoms with E-state index in [-0.39, 0.29) is 0 Å². The molecule has 0 aliphatic heterocycles. The Morgan fingerprint density at radius 2 is 1.86 bits per heavy atom. The van der Waals surface area contributed by atoms with Crippen LogP contribution in [0.2, 0.25) is 6.04 Å². The van der Waals surface area contributed by atoms with Crippen LogP contribution in [0.25, 0.3) is 0 Å². The predicted octanol–water partition coefficient (Wildman–Crippen LogP) is 2.34. The van der Waals surface area contributed by atoms with Crippen molar-refractivity contribution in [3.63, 3.8) is 0 Å². The number of hydrogen-bond donors (Lipinski definition) is 0. The first-order valence-electron chi connectivity index (χ1n) is 2.41. The van der Waals surface area contributed by atoms with Gasteiger partial charge in [-0.05, 0) is 12.0 Å². The lowest BCUT2D eigenvalue weighted by Crippen LogP contribution is -1.97. The van der Waals surface area contributed by atoms with E-state index in [9.17, 15) is 0 Å². The standard InChI is InChI=1S/C4H10Cl2Si/c1-4(2)3-7(5)6/h4,7H,3H2,1-2H3. The second kappa shape index (κ2) is 3.76. The van der Waals surface area contributed by atoms with Gasteiger partial charge in [0, 0.05) is 0 Å². The molecule has 0 saturated carbocycles. The van der Waals surface area contributed by atoms with Gasteiger partial charge < -0.3 is 0 Å². The molecule has 0 unspecified atom stereocenters. The Morgan fingerprint density at radius 1 is 1.43 bits per heavy atom. The zero-order valence-electron chi connectivity index (χ0n) is 4.62. The molecule has 0 saturated heterocycles. The third kappa shape index (κ3) is 6.80. The first kappa shape index (κ1) is 7.80. The van der Waals surface area contributed by atoms with Gasteiger partial charge in [0.15, 0.2) is 0 Å².